The molecule has 5 fully saturated rings. The van der Waals surface area contributed by atoms with Crippen LogP contribution in [0.1, 0.15) is 92.9 Å². The topological polar surface area (TPSA) is 133 Å². The summed E-state index contributed by atoms with van der Waals surface area (Å²) in [5.74, 6) is -0.981. The van der Waals surface area contributed by atoms with E-state index in [0.717, 1.165) is 56.9 Å². The van der Waals surface area contributed by atoms with Crippen molar-refractivity contribution in [2.75, 3.05) is 13.7 Å². The van der Waals surface area contributed by atoms with E-state index in [9.17, 15) is 19.2 Å². The van der Waals surface area contributed by atoms with E-state index in [2.05, 4.69) is 27.0 Å². The Morgan fingerprint density at radius 1 is 0.851 bits per heavy atom. The first-order valence-corrected chi connectivity index (χ1v) is 17.0. The van der Waals surface area contributed by atoms with Gasteiger partial charge in [-0.1, -0.05) is 26.5 Å². The predicted molar refractivity (Wildman–Crippen MR) is 168 cm³/mol. The van der Waals surface area contributed by atoms with Crippen molar-refractivity contribution >= 4 is 23.9 Å². The van der Waals surface area contributed by atoms with Gasteiger partial charge in [-0.05, 0) is 87.5 Å². The number of ether oxygens (including phenoxy) is 7. The summed E-state index contributed by atoms with van der Waals surface area (Å²) in [7, 11) is 1.48. The minimum Gasteiger partial charge on any atom is -0.496 e. The number of allylic oxidation sites excluding steroid dienone is 1. The highest BCUT2D eigenvalue weighted by Gasteiger charge is 2.69. The van der Waals surface area contributed by atoms with Gasteiger partial charge in [0.25, 0.3) is 0 Å². The van der Waals surface area contributed by atoms with Gasteiger partial charge in [0.2, 0.25) is 0 Å². The molecule has 47 heavy (non-hydrogen) atoms. The molecule has 1 saturated heterocycles. The van der Waals surface area contributed by atoms with Crippen LogP contribution in [0.15, 0.2) is 24.5 Å². The number of hydrogen-bond acceptors (Lipinski definition) is 11. The highest BCUT2D eigenvalue weighted by atomic mass is 16.7. The minimum atomic E-state index is -1.24. The molecular weight excluding hydrogens is 608 g/mol. The second kappa shape index (κ2) is 13.2. The maximum atomic E-state index is 13.2. The summed E-state index contributed by atoms with van der Waals surface area (Å²) in [6.07, 6.45) is 1.12. The van der Waals surface area contributed by atoms with E-state index in [1.165, 1.54) is 27.9 Å². The summed E-state index contributed by atoms with van der Waals surface area (Å²) < 4.78 is 41.7. The molecule has 1 aliphatic heterocycles. The van der Waals surface area contributed by atoms with Crippen molar-refractivity contribution in [2.45, 2.75) is 130 Å². The monoisotopic (exact) mass is 660 g/mol. The maximum Gasteiger partial charge on any atom is 0.311 e. The summed E-state index contributed by atoms with van der Waals surface area (Å²) >= 11 is 0. The van der Waals surface area contributed by atoms with Crippen LogP contribution in [0.25, 0.3) is 0 Å². The molecule has 4 saturated carbocycles. The first kappa shape index (κ1) is 35.4. The molecule has 0 aromatic rings. The largest absolute Gasteiger partial charge is 0.496 e. The lowest BCUT2D eigenvalue weighted by Crippen LogP contribution is -2.64. The molecule has 1 heterocycles. The minimum absolute atomic E-state index is 0.0778. The fourth-order valence-electron chi connectivity index (χ4n) is 10.5. The van der Waals surface area contributed by atoms with Gasteiger partial charge in [0.05, 0.1) is 24.4 Å². The van der Waals surface area contributed by atoms with Crippen molar-refractivity contribution in [3.63, 3.8) is 0 Å². The van der Waals surface area contributed by atoms with Gasteiger partial charge in [0.1, 0.15) is 12.7 Å². The molecule has 2 bridgehead atoms. The van der Waals surface area contributed by atoms with Gasteiger partial charge in [-0.25, -0.2) is 0 Å². The first-order valence-electron chi connectivity index (χ1n) is 17.0. The zero-order chi connectivity index (χ0) is 34.5. The number of rotatable bonds is 9. The van der Waals surface area contributed by atoms with Gasteiger partial charge in [-0.2, -0.15) is 0 Å². The molecule has 0 radical (unpaired) electrons. The van der Waals surface area contributed by atoms with Gasteiger partial charge in [0.15, 0.2) is 24.6 Å². The summed E-state index contributed by atoms with van der Waals surface area (Å²) in [4.78, 5) is 50.4. The smallest absolute Gasteiger partial charge is 0.311 e. The van der Waals surface area contributed by atoms with Crippen molar-refractivity contribution in [1.29, 1.82) is 0 Å². The van der Waals surface area contributed by atoms with E-state index in [1.807, 2.05) is 0 Å². The Kier molecular flexibility index (Phi) is 9.92. The average Bonchev–Trinajstić information content (AvgIpc) is 3.17. The molecule has 5 aliphatic rings. The lowest BCUT2D eigenvalue weighted by atomic mass is 9.40. The number of carbonyl (C=O) groups is 4. The van der Waals surface area contributed by atoms with Crippen molar-refractivity contribution < 1.29 is 52.3 Å². The zero-order valence-corrected chi connectivity index (χ0v) is 29.0. The molecule has 262 valence electrons. The van der Waals surface area contributed by atoms with Crippen LogP contribution < -0.4 is 0 Å². The average molecular weight is 661 g/mol. The molecule has 0 unspecified atom stereocenters. The molecule has 0 aromatic carbocycles. The third-order valence-corrected chi connectivity index (χ3v) is 12.1. The van der Waals surface area contributed by atoms with Gasteiger partial charge in [-0.15, -0.1) is 0 Å². The van der Waals surface area contributed by atoms with E-state index in [0.29, 0.717) is 5.76 Å². The standard InChI is InChI=1S/C36H52O11/c1-19(2)42-18-25-28(43-21(4)37)29(44-22(5)38)30(45-23(6)39)32(46-25)47-31-20(3)24-11-12-27-34(7)14-10-15-35(8,33(40)41-9)26(34)13-16-36(27,31)17-24/h24-32H,1,3,10-18H2,2,4-9H3/t24-,25-,26+,27-,28-,29-,30-,31-,32+,34-,35-,36-/m1/s1. The van der Waals surface area contributed by atoms with Crippen LogP contribution in [0, 0.1) is 34.0 Å². The number of esters is 4. The lowest BCUT2D eigenvalue weighted by molar-refractivity contribution is -0.325. The Morgan fingerprint density at radius 2 is 1.49 bits per heavy atom. The van der Waals surface area contributed by atoms with Crippen LogP contribution in [0.5, 0.6) is 0 Å². The SMILES string of the molecule is C=C(C)OC[C@H]1O[C@@H](O[C@@H]2C(=C)[C@@H]3CC[C@@H]4[C@]5(C)CCC[C@@](C)(C(=O)OC)[C@H]5CC[C@]24C3)[C@H](OC(C)=O)[C@H](OC(C)=O)[C@@H]1OC(C)=O. The first-order chi connectivity index (χ1) is 22.1. The Hall–Kier alpha value is -2.92. The second-order valence-electron chi connectivity index (χ2n) is 15.0. The predicted octanol–water partition coefficient (Wildman–Crippen LogP) is 5.19. The van der Waals surface area contributed by atoms with Gasteiger partial charge in [0, 0.05) is 26.2 Å². The van der Waals surface area contributed by atoms with Crippen LogP contribution in [-0.4, -0.2) is 74.4 Å². The molecule has 0 amide bonds. The fourth-order valence-corrected chi connectivity index (χ4v) is 10.5. The van der Waals surface area contributed by atoms with E-state index in [1.54, 1.807) is 6.92 Å². The number of carbonyl (C=O) groups excluding carboxylic acids is 4. The van der Waals surface area contributed by atoms with E-state index in [4.69, 9.17) is 33.2 Å². The molecule has 11 heteroatoms. The normalized spacial score (nSPS) is 42.3. The third kappa shape index (κ3) is 6.22. The van der Waals surface area contributed by atoms with Crippen molar-refractivity contribution in [1.82, 2.24) is 0 Å². The Morgan fingerprint density at radius 3 is 2.11 bits per heavy atom. The molecule has 0 N–H and O–H groups in total. The number of fused-ring (bicyclic) bond motifs is 3. The highest BCUT2D eigenvalue weighted by Crippen LogP contribution is 2.72. The van der Waals surface area contributed by atoms with Gasteiger partial charge >= 0.3 is 23.9 Å². The van der Waals surface area contributed by atoms with Crippen LogP contribution in [0.3, 0.4) is 0 Å². The zero-order valence-electron chi connectivity index (χ0n) is 29.0. The lowest BCUT2D eigenvalue weighted by Gasteiger charge is -2.64. The van der Waals surface area contributed by atoms with Gasteiger partial charge < -0.3 is 33.2 Å². The molecule has 4 aliphatic carbocycles. The van der Waals surface area contributed by atoms with Gasteiger partial charge in [-0.3, -0.25) is 19.2 Å². The second-order valence-corrected chi connectivity index (χ2v) is 15.0. The van der Waals surface area contributed by atoms with E-state index >= 15 is 0 Å². The van der Waals surface area contributed by atoms with Crippen LogP contribution in [0.4, 0.5) is 0 Å². The summed E-state index contributed by atoms with van der Waals surface area (Å²) in [5, 5.41) is 0. The maximum absolute atomic E-state index is 13.2. The Labute approximate surface area is 278 Å². The van der Waals surface area contributed by atoms with Crippen LogP contribution in [-0.2, 0) is 52.3 Å². The van der Waals surface area contributed by atoms with Crippen molar-refractivity contribution in [3.05, 3.63) is 24.5 Å². The van der Waals surface area contributed by atoms with Crippen LogP contribution >= 0.6 is 0 Å². The van der Waals surface area contributed by atoms with Crippen molar-refractivity contribution in [3.8, 4) is 0 Å². The summed E-state index contributed by atoms with van der Waals surface area (Å²) in [6.45, 7) is 18.1. The van der Waals surface area contributed by atoms with E-state index < -0.39 is 60.1 Å². The quantitative estimate of drug-likeness (QED) is 0.140. The van der Waals surface area contributed by atoms with E-state index in [-0.39, 0.29) is 41.2 Å². The molecule has 1 spiro atoms. The third-order valence-electron chi connectivity index (χ3n) is 12.1. The van der Waals surface area contributed by atoms with Crippen molar-refractivity contribution in [2.24, 2.45) is 34.0 Å². The molecular formula is C36H52O11. The van der Waals surface area contributed by atoms with Crippen LogP contribution in [0.2, 0.25) is 0 Å². The highest BCUT2D eigenvalue weighted by molar-refractivity contribution is 5.77. The Balaban J connectivity index is 1.53. The fraction of sp³-hybridized carbons (Fsp3) is 0.778. The number of hydrogen-bond donors (Lipinski definition) is 0. The summed E-state index contributed by atoms with van der Waals surface area (Å²) in [5.41, 5.74) is 0.0141. The summed E-state index contributed by atoms with van der Waals surface area (Å²) in [6, 6.07) is 0. The molecule has 12 atom stereocenters. The molecule has 0 aromatic heterocycles. The number of methoxy groups -OCH3 is 1. The molecule has 11 nitrogen and oxygen atoms in total. The molecule has 5 rings (SSSR count). The Bertz CT molecular complexity index is 1290.